The summed E-state index contributed by atoms with van der Waals surface area (Å²) < 4.78 is 1.69. The molecule has 12 heavy (non-hydrogen) atoms. The number of hydrogen-bond donors (Lipinski definition) is 2. The number of fused-ring (bicyclic) bond motifs is 1. The van der Waals surface area contributed by atoms with Crippen molar-refractivity contribution in [3.8, 4) is 0 Å². The lowest BCUT2D eigenvalue weighted by atomic mass is 10.3. The zero-order valence-electron chi connectivity index (χ0n) is 6.36. The fraction of sp³-hybridized carbons (Fsp3) is 0.286. The van der Waals surface area contributed by atoms with Crippen molar-refractivity contribution in [3.05, 3.63) is 18.3 Å². The normalized spacial score (nSPS) is 22.8. The first-order chi connectivity index (χ1) is 5.77. The molecule has 4 nitrogen and oxygen atoms in total. The van der Waals surface area contributed by atoms with Crippen molar-refractivity contribution < 1.29 is 4.79 Å². The number of nitrogens with one attached hydrogen (secondary N) is 1. The maximum Gasteiger partial charge on any atom is 0.256 e. The lowest BCUT2D eigenvalue weighted by Crippen LogP contribution is -2.38. The van der Waals surface area contributed by atoms with Crippen LogP contribution in [0.5, 0.6) is 0 Å². The number of amides is 1. The Morgan fingerprint density at radius 2 is 2.58 bits per heavy atom. The first kappa shape index (κ1) is 7.70. The number of carbonyl (C=O) groups excluding carboxylic acids is 1. The zero-order valence-corrected chi connectivity index (χ0v) is 7.17. The minimum Gasteiger partial charge on any atom is -0.319 e. The Morgan fingerprint density at radius 1 is 1.75 bits per heavy atom. The highest BCUT2D eigenvalue weighted by Gasteiger charge is 2.19. The van der Waals surface area contributed by atoms with Crippen LogP contribution >= 0.6 is 11.8 Å². The fourth-order valence-electron chi connectivity index (χ4n) is 1.03. The van der Waals surface area contributed by atoms with E-state index in [2.05, 4.69) is 5.43 Å². The monoisotopic (exact) mass is 183 g/mol. The molecule has 1 aromatic heterocycles. The second kappa shape index (κ2) is 2.84. The van der Waals surface area contributed by atoms with Gasteiger partial charge in [-0.2, -0.15) is 0 Å². The van der Waals surface area contributed by atoms with Crippen molar-refractivity contribution in [2.75, 3.05) is 11.2 Å². The van der Waals surface area contributed by atoms with Gasteiger partial charge in [-0.3, -0.25) is 14.9 Å². The molecule has 0 aromatic carbocycles. The van der Waals surface area contributed by atoms with Crippen LogP contribution in [0.2, 0.25) is 0 Å². The van der Waals surface area contributed by atoms with Crippen LogP contribution in [-0.4, -0.2) is 22.4 Å². The first-order valence-electron chi connectivity index (χ1n) is 3.64. The molecule has 2 heterocycles. The molecule has 1 aliphatic rings. The molecule has 0 bridgehead atoms. The van der Waals surface area contributed by atoms with Gasteiger partial charge in [-0.05, 0) is 12.1 Å². The molecule has 1 atom stereocenters. The average Bonchev–Trinajstić information content (AvgIpc) is 2.43. The molecule has 2 rings (SSSR count). The Balaban J connectivity index is 2.30. The van der Waals surface area contributed by atoms with Crippen LogP contribution < -0.4 is 11.2 Å². The van der Waals surface area contributed by atoms with E-state index in [1.54, 1.807) is 22.6 Å². The van der Waals surface area contributed by atoms with Gasteiger partial charge in [0.2, 0.25) is 0 Å². The van der Waals surface area contributed by atoms with Crippen LogP contribution in [0.3, 0.4) is 0 Å². The molecule has 0 fully saturated rings. The summed E-state index contributed by atoms with van der Waals surface area (Å²) in [5.41, 5.74) is 8.25. The van der Waals surface area contributed by atoms with Gasteiger partial charge in [-0.25, -0.2) is 0 Å². The first-order valence-corrected chi connectivity index (χ1v) is 4.62. The number of hydrogen-bond acceptors (Lipinski definition) is 3. The number of aromatic nitrogens is 1. The van der Waals surface area contributed by atoms with Crippen molar-refractivity contribution in [1.29, 1.82) is 0 Å². The molecule has 0 saturated carbocycles. The Bertz CT molecular complexity index is 309. The van der Waals surface area contributed by atoms with Crippen molar-refractivity contribution >= 4 is 17.7 Å². The Hall–Kier alpha value is -0.940. The summed E-state index contributed by atoms with van der Waals surface area (Å²) in [7, 11) is 0. The molecule has 0 aliphatic carbocycles. The predicted molar refractivity (Wildman–Crippen MR) is 47.5 cm³/mol. The van der Waals surface area contributed by atoms with E-state index in [0.29, 0.717) is 5.75 Å². The molecule has 1 aliphatic heterocycles. The van der Waals surface area contributed by atoms with Gasteiger partial charge in [0.05, 0.1) is 11.1 Å². The maximum absolute atomic E-state index is 11.2. The fourth-order valence-corrected chi connectivity index (χ4v) is 1.95. The number of carbonyl (C=O) groups is 1. The molecule has 1 aromatic rings. The minimum atomic E-state index is -0.408. The van der Waals surface area contributed by atoms with Crippen LogP contribution in [0.1, 0.15) is 0 Å². The SMILES string of the molecule is N[C@H]1CSc2cccn2NC1=O. The lowest BCUT2D eigenvalue weighted by Gasteiger charge is -2.06. The topological polar surface area (TPSA) is 60.0 Å². The van der Waals surface area contributed by atoms with Crippen molar-refractivity contribution in [3.63, 3.8) is 0 Å². The highest BCUT2D eigenvalue weighted by Crippen LogP contribution is 2.20. The second-order valence-electron chi connectivity index (χ2n) is 2.61. The van der Waals surface area contributed by atoms with E-state index in [-0.39, 0.29) is 5.91 Å². The van der Waals surface area contributed by atoms with Crippen LogP contribution in [0.4, 0.5) is 0 Å². The summed E-state index contributed by atoms with van der Waals surface area (Å²) in [5, 5.41) is 1.02. The van der Waals surface area contributed by atoms with E-state index >= 15 is 0 Å². The van der Waals surface area contributed by atoms with Gasteiger partial charge in [0.25, 0.3) is 5.91 Å². The van der Waals surface area contributed by atoms with Crippen LogP contribution in [0, 0.1) is 0 Å². The van der Waals surface area contributed by atoms with Gasteiger partial charge in [0, 0.05) is 11.9 Å². The van der Waals surface area contributed by atoms with Gasteiger partial charge in [0.15, 0.2) is 0 Å². The summed E-state index contributed by atoms with van der Waals surface area (Å²) in [6.45, 7) is 0. The van der Waals surface area contributed by atoms with Crippen LogP contribution in [-0.2, 0) is 4.79 Å². The molecular formula is C7H9N3OS. The summed E-state index contributed by atoms with van der Waals surface area (Å²) in [5.74, 6) is 0.507. The number of nitrogens with zero attached hydrogens (tertiary/aromatic N) is 1. The highest BCUT2D eigenvalue weighted by molar-refractivity contribution is 7.99. The highest BCUT2D eigenvalue weighted by atomic mass is 32.2. The van der Waals surface area contributed by atoms with E-state index < -0.39 is 6.04 Å². The van der Waals surface area contributed by atoms with E-state index in [0.717, 1.165) is 5.03 Å². The Morgan fingerprint density at radius 3 is 3.42 bits per heavy atom. The Labute approximate surface area is 74.1 Å². The van der Waals surface area contributed by atoms with Crippen LogP contribution in [0.25, 0.3) is 0 Å². The predicted octanol–water partition coefficient (Wildman–Crippen LogP) is -0.00880. The summed E-state index contributed by atoms with van der Waals surface area (Å²) in [4.78, 5) is 11.2. The molecule has 64 valence electrons. The van der Waals surface area contributed by atoms with E-state index in [9.17, 15) is 4.79 Å². The van der Waals surface area contributed by atoms with Gasteiger partial charge < -0.3 is 5.73 Å². The second-order valence-corrected chi connectivity index (χ2v) is 3.65. The summed E-state index contributed by atoms with van der Waals surface area (Å²) in [6.07, 6.45) is 1.80. The minimum absolute atomic E-state index is 0.127. The van der Waals surface area contributed by atoms with Crippen LogP contribution in [0.15, 0.2) is 23.4 Å². The van der Waals surface area contributed by atoms with Crippen molar-refractivity contribution in [2.24, 2.45) is 5.73 Å². The summed E-state index contributed by atoms with van der Waals surface area (Å²) in [6, 6.07) is 3.43. The third-order valence-corrected chi connectivity index (χ3v) is 2.84. The molecule has 0 spiro atoms. The van der Waals surface area contributed by atoms with E-state index in [4.69, 9.17) is 5.73 Å². The number of thioether (sulfide) groups is 1. The standard InChI is InChI=1S/C7H9N3OS/c8-5-4-12-6-2-1-3-10(6)9-7(5)11/h1-3,5H,4,8H2,(H,9,11)/t5-/m0/s1. The molecule has 1 amide bonds. The molecule has 0 saturated heterocycles. The summed E-state index contributed by atoms with van der Waals surface area (Å²) >= 11 is 1.58. The van der Waals surface area contributed by atoms with Gasteiger partial charge in [0.1, 0.15) is 0 Å². The van der Waals surface area contributed by atoms with Gasteiger partial charge in [-0.1, -0.05) is 0 Å². The molecule has 0 radical (unpaired) electrons. The van der Waals surface area contributed by atoms with Crippen molar-refractivity contribution in [1.82, 2.24) is 4.68 Å². The molecule has 0 unspecified atom stereocenters. The largest absolute Gasteiger partial charge is 0.319 e. The maximum atomic E-state index is 11.2. The molecule has 3 N–H and O–H groups in total. The van der Waals surface area contributed by atoms with Gasteiger partial charge >= 0.3 is 0 Å². The smallest absolute Gasteiger partial charge is 0.256 e. The average molecular weight is 183 g/mol. The number of nitrogens with two attached hydrogens (primary N) is 1. The van der Waals surface area contributed by atoms with E-state index in [1.807, 2.05) is 12.1 Å². The van der Waals surface area contributed by atoms with E-state index in [1.165, 1.54) is 0 Å². The van der Waals surface area contributed by atoms with Crippen molar-refractivity contribution in [2.45, 2.75) is 11.1 Å². The Kier molecular flexibility index (Phi) is 1.82. The number of rotatable bonds is 0. The molecular weight excluding hydrogens is 174 g/mol. The third-order valence-electron chi connectivity index (χ3n) is 1.69. The molecule has 5 heteroatoms. The zero-order chi connectivity index (χ0) is 8.55. The third kappa shape index (κ3) is 1.21. The van der Waals surface area contributed by atoms with Gasteiger partial charge in [-0.15, -0.1) is 11.8 Å². The lowest BCUT2D eigenvalue weighted by molar-refractivity contribution is -0.117. The quantitative estimate of drug-likeness (QED) is 0.594.